The minimum absolute atomic E-state index is 0.0692. The molecule has 4 rings (SSSR count). The Balaban J connectivity index is 1.73. The maximum Gasteiger partial charge on any atom is 0.312 e. The number of hydrogen-bond acceptors (Lipinski definition) is 4. The minimum Gasteiger partial charge on any atom is -0.481 e. The van der Waals surface area contributed by atoms with Gasteiger partial charge in [-0.25, -0.2) is 4.98 Å². The summed E-state index contributed by atoms with van der Waals surface area (Å²) in [5.74, 6) is -2.70. The van der Waals surface area contributed by atoms with Gasteiger partial charge in [-0.1, -0.05) is 0 Å². The highest BCUT2D eigenvalue weighted by molar-refractivity contribution is 6.00. The monoisotopic (exact) mass is 343 g/mol. The van der Waals surface area contributed by atoms with Gasteiger partial charge in [0.25, 0.3) is 5.91 Å². The number of carboxylic acid groups (broad SMARTS) is 2. The van der Waals surface area contributed by atoms with Crippen molar-refractivity contribution >= 4 is 23.5 Å². The van der Waals surface area contributed by atoms with E-state index in [9.17, 15) is 24.6 Å². The number of fused-ring (bicyclic) bond motifs is 2. The molecule has 0 aromatic carbocycles. The van der Waals surface area contributed by atoms with E-state index >= 15 is 0 Å². The summed E-state index contributed by atoms with van der Waals surface area (Å²) in [6.07, 6.45) is 1.81. The first-order chi connectivity index (χ1) is 11.7. The molecule has 0 spiro atoms. The number of nitrogens with zero attached hydrogens (tertiary/aromatic N) is 3. The number of aryl methyl sites for hydroxylation is 2. The van der Waals surface area contributed by atoms with Crippen LogP contribution in [0, 0.1) is 24.7 Å². The maximum absolute atomic E-state index is 13.0. The molecule has 130 valence electrons. The van der Waals surface area contributed by atoms with Crippen LogP contribution in [0.3, 0.4) is 0 Å². The van der Waals surface area contributed by atoms with Crippen LogP contribution in [0.4, 0.5) is 0 Å². The van der Waals surface area contributed by atoms with Crippen LogP contribution in [-0.4, -0.2) is 55.4 Å². The van der Waals surface area contributed by atoms with Gasteiger partial charge in [0.2, 0.25) is 0 Å². The van der Waals surface area contributed by atoms with Crippen molar-refractivity contribution in [3.05, 3.63) is 35.3 Å². The molecule has 8 heteroatoms. The molecule has 2 atom stereocenters. The van der Waals surface area contributed by atoms with E-state index in [4.69, 9.17) is 0 Å². The molecule has 8 nitrogen and oxygen atoms in total. The van der Waals surface area contributed by atoms with Gasteiger partial charge >= 0.3 is 11.9 Å². The Hall–Kier alpha value is -2.90. The van der Waals surface area contributed by atoms with E-state index in [1.54, 1.807) is 17.5 Å². The van der Waals surface area contributed by atoms with Crippen LogP contribution in [0.5, 0.6) is 0 Å². The first-order valence-corrected chi connectivity index (χ1v) is 7.93. The minimum atomic E-state index is -1.38. The van der Waals surface area contributed by atoms with Crippen LogP contribution in [0.25, 0.3) is 5.65 Å². The van der Waals surface area contributed by atoms with Crippen LogP contribution in [0.2, 0.25) is 0 Å². The highest BCUT2D eigenvalue weighted by atomic mass is 16.4. The molecule has 2 fully saturated rings. The molecule has 3 heterocycles. The number of imidazole rings is 1. The normalized spacial score (nSPS) is 27.4. The molecule has 1 aliphatic heterocycles. The number of rotatable bonds is 3. The molecule has 1 aliphatic carbocycles. The van der Waals surface area contributed by atoms with Crippen molar-refractivity contribution in [3.8, 4) is 0 Å². The van der Waals surface area contributed by atoms with Crippen LogP contribution in [-0.2, 0) is 9.59 Å². The Morgan fingerprint density at radius 1 is 1.12 bits per heavy atom. The lowest BCUT2D eigenvalue weighted by atomic mass is 9.97. The summed E-state index contributed by atoms with van der Waals surface area (Å²) in [4.78, 5) is 42.0. The number of aromatic nitrogens is 2. The molecule has 0 radical (unpaired) electrons. The molecule has 0 unspecified atom stereocenters. The van der Waals surface area contributed by atoms with Gasteiger partial charge < -0.3 is 15.1 Å². The van der Waals surface area contributed by atoms with E-state index in [-0.39, 0.29) is 25.4 Å². The summed E-state index contributed by atoms with van der Waals surface area (Å²) in [6.45, 7) is 3.46. The van der Waals surface area contributed by atoms with Crippen LogP contribution >= 0.6 is 0 Å². The van der Waals surface area contributed by atoms with E-state index in [1.165, 1.54) is 4.90 Å². The Morgan fingerprint density at radius 3 is 2.28 bits per heavy atom. The van der Waals surface area contributed by atoms with Gasteiger partial charge in [0.1, 0.15) is 22.2 Å². The van der Waals surface area contributed by atoms with Crippen LogP contribution in [0.1, 0.15) is 28.2 Å². The van der Waals surface area contributed by atoms with Crippen molar-refractivity contribution in [1.29, 1.82) is 0 Å². The molecule has 25 heavy (non-hydrogen) atoms. The van der Waals surface area contributed by atoms with Crippen molar-refractivity contribution in [1.82, 2.24) is 14.3 Å². The molecular formula is C17H17N3O5. The molecule has 2 aromatic heterocycles. The van der Waals surface area contributed by atoms with Crippen molar-refractivity contribution in [2.24, 2.45) is 10.8 Å². The average molecular weight is 343 g/mol. The van der Waals surface area contributed by atoms with E-state index in [0.717, 1.165) is 5.56 Å². The fraction of sp³-hybridized carbons (Fsp3) is 0.412. The Morgan fingerprint density at radius 2 is 1.72 bits per heavy atom. The van der Waals surface area contributed by atoms with E-state index < -0.39 is 22.8 Å². The van der Waals surface area contributed by atoms with E-state index in [1.807, 2.05) is 19.1 Å². The predicted octanol–water partition coefficient (Wildman–Crippen LogP) is 0.953. The number of amides is 1. The SMILES string of the molecule is Cc1ccn2c(C(=O)N3C[C@@]4(C(=O)O)C[C@@]4(C(=O)O)C3)c(C)nc2c1. The van der Waals surface area contributed by atoms with Crippen molar-refractivity contribution in [2.75, 3.05) is 13.1 Å². The molecular weight excluding hydrogens is 326 g/mol. The maximum atomic E-state index is 13.0. The zero-order chi connectivity index (χ0) is 18.1. The molecule has 2 aliphatic rings. The largest absolute Gasteiger partial charge is 0.481 e. The third-order valence-corrected chi connectivity index (χ3v) is 5.58. The van der Waals surface area contributed by atoms with Gasteiger partial charge in [-0.15, -0.1) is 0 Å². The zero-order valence-electron chi connectivity index (χ0n) is 13.8. The number of piperidine rings is 1. The third kappa shape index (κ3) is 1.82. The van der Waals surface area contributed by atoms with Crippen molar-refractivity contribution < 1.29 is 24.6 Å². The number of carboxylic acids is 2. The van der Waals surface area contributed by atoms with Crippen LogP contribution < -0.4 is 0 Å². The number of pyridine rings is 1. The fourth-order valence-corrected chi connectivity index (χ4v) is 4.10. The van der Waals surface area contributed by atoms with Gasteiger partial charge in [-0.3, -0.25) is 18.8 Å². The number of hydrogen-bond donors (Lipinski definition) is 2. The zero-order valence-corrected chi connectivity index (χ0v) is 13.8. The second-order valence-corrected chi connectivity index (χ2v) is 7.09. The molecule has 1 amide bonds. The summed E-state index contributed by atoms with van der Waals surface area (Å²) < 4.78 is 1.66. The highest BCUT2D eigenvalue weighted by Gasteiger charge is 2.81. The number of likely N-dealkylation sites (tertiary alicyclic amines) is 1. The summed E-state index contributed by atoms with van der Waals surface area (Å²) in [7, 11) is 0. The molecule has 1 saturated carbocycles. The van der Waals surface area contributed by atoms with Crippen LogP contribution in [0.15, 0.2) is 18.3 Å². The summed E-state index contributed by atoms with van der Waals surface area (Å²) in [5.41, 5.74) is -0.235. The molecule has 0 bridgehead atoms. The number of carbonyl (C=O) groups is 3. The van der Waals surface area contributed by atoms with Crippen molar-refractivity contribution in [3.63, 3.8) is 0 Å². The second-order valence-electron chi connectivity index (χ2n) is 7.09. The average Bonchev–Trinajstić information content (AvgIpc) is 2.90. The van der Waals surface area contributed by atoms with Gasteiger partial charge in [0.15, 0.2) is 0 Å². The summed E-state index contributed by atoms with van der Waals surface area (Å²) in [6, 6.07) is 3.70. The first-order valence-electron chi connectivity index (χ1n) is 7.93. The lowest BCUT2D eigenvalue weighted by Gasteiger charge is -2.20. The Bertz CT molecular complexity index is 937. The fourth-order valence-electron chi connectivity index (χ4n) is 4.10. The second kappa shape index (κ2) is 4.59. The van der Waals surface area contributed by atoms with Gasteiger partial charge in [-0.2, -0.15) is 0 Å². The summed E-state index contributed by atoms with van der Waals surface area (Å²) in [5, 5.41) is 19.0. The smallest absolute Gasteiger partial charge is 0.312 e. The van der Waals surface area contributed by atoms with E-state index in [2.05, 4.69) is 4.98 Å². The topological polar surface area (TPSA) is 112 Å². The van der Waals surface area contributed by atoms with E-state index in [0.29, 0.717) is 17.0 Å². The number of aliphatic carboxylic acids is 2. The molecule has 2 aromatic rings. The van der Waals surface area contributed by atoms with Crippen molar-refractivity contribution in [2.45, 2.75) is 20.3 Å². The lowest BCUT2D eigenvalue weighted by molar-refractivity contribution is -0.151. The Kier molecular flexibility index (Phi) is 2.87. The molecule has 1 saturated heterocycles. The first kappa shape index (κ1) is 15.6. The third-order valence-electron chi connectivity index (χ3n) is 5.58. The Labute approximate surface area is 142 Å². The molecule has 2 N–H and O–H groups in total. The number of carbonyl (C=O) groups excluding carboxylic acids is 1. The quantitative estimate of drug-likeness (QED) is 0.858. The van der Waals surface area contributed by atoms with Gasteiger partial charge in [0, 0.05) is 19.3 Å². The van der Waals surface area contributed by atoms with Gasteiger partial charge in [0.05, 0.1) is 5.69 Å². The van der Waals surface area contributed by atoms with Gasteiger partial charge in [-0.05, 0) is 38.0 Å². The highest BCUT2D eigenvalue weighted by Crippen LogP contribution is 2.68. The lowest BCUT2D eigenvalue weighted by Crippen LogP contribution is -2.35. The predicted molar refractivity (Wildman–Crippen MR) is 85.3 cm³/mol. The standard InChI is InChI=1S/C17H17N3O5/c1-9-3-4-20-11(5-9)18-10(2)12(20)13(21)19-7-16(14(22)23)6-17(16,8-19)15(24)25/h3-5H,6-8H2,1-2H3,(H,22,23)(H,24,25)/t16-,17+. The summed E-state index contributed by atoms with van der Waals surface area (Å²) >= 11 is 0.